The van der Waals surface area contributed by atoms with Crippen LogP contribution in [0.5, 0.6) is 0 Å². The standard InChI is InChI=1S/C24H28N2/c1-25(2)21-11-13-23-17(7-9-19(23)15-21)5-6-18-8-10-20-16-22(26(3)4)12-14-24(18)20/h7-18H,5-6H2,1-4H3. The van der Waals surface area contributed by atoms with Gasteiger partial charge in [0.25, 0.3) is 0 Å². The third-order valence-corrected chi connectivity index (χ3v) is 5.78. The molecule has 2 aromatic carbocycles. The lowest BCUT2D eigenvalue weighted by atomic mass is 9.89. The maximum absolute atomic E-state index is 2.39. The van der Waals surface area contributed by atoms with Crippen molar-refractivity contribution in [2.75, 3.05) is 38.0 Å². The minimum Gasteiger partial charge on any atom is -0.378 e. The highest BCUT2D eigenvalue weighted by atomic mass is 15.1. The van der Waals surface area contributed by atoms with Crippen molar-refractivity contribution in [3.05, 3.63) is 70.8 Å². The first-order chi connectivity index (χ1) is 12.5. The van der Waals surface area contributed by atoms with E-state index in [2.05, 4.69) is 98.7 Å². The van der Waals surface area contributed by atoms with Crippen LogP contribution in [-0.2, 0) is 0 Å². The summed E-state index contributed by atoms with van der Waals surface area (Å²) in [5, 5.41) is 0. The van der Waals surface area contributed by atoms with Crippen molar-refractivity contribution in [1.29, 1.82) is 0 Å². The van der Waals surface area contributed by atoms with Crippen LogP contribution in [0.4, 0.5) is 11.4 Å². The molecular formula is C24H28N2. The Hall–Kier alpha value is -2.48. The monoisotopic (exact) mass is 344 g/mol. The van der Waals surface area contributed by atoms with Crippen molar-refractivity contribution >= 4 is 23.5 Å². The second kappa shape index (κ2) is 6.68. The quantitative estimate of drug-likeness (QED) is 0.704. The summed E-state index contributed by atoms with van der Waals surface area (Å²) in [6, 6.07) is 13.7. The first kappa shape index (κ1) is 17.0. The second-order valence-corrected chi connectivity index (χ2v) is 7.92. The molecule has 0 bridgehead atoms. The van der Waals surface area contributed by atoms with Crippen molar-refractivity contribution < 1.29 is 0 Å². The van der Waals surface area contributed by atoms with Gasteiger partial charge in [0.2, 0.25) is 0 Å². The molecule has 0 amide bonds. The van der Waals surface area contributed by atoms with Gasteiger partial charge in [-0.1, -0.05) is 36.4 Å². The molecule has 2 nitrogen and oxygen atoms in total. The van der Waals surface area contributed by atoms with Crippen LogP contribution in [0, 0.1) is 0 Å². The predicted octanol–water partition coefficient (Wildman–Crippen LogP) is 5.52. The molecule has 2 atom stereocenters. The minimum absolute atomic E-state index is 0.555. The molecule has 0 fully saturated rings. The van der Waals surface area contributed by atoms with Gasteiger partial charge < -0.3 is 9.80 Å². The Balaban J connectivity index is 1.45. The molecule has 0 saturated heterocycles. The number of anilines is 2. The number of nitrogens with zero attached hydrogens (tertiary/aromatic N) is 2. The van der Waals surface area contributed by atoms with E-state index in [1.54, 1.807) is 0 Å². The third kappa shape index (κ3) is 3.05. The molecular weight excluding hydrogens is 316 g/mol. The zero-order chi connectivity index (χ0) is 18.3. The van der Waals surface area contributed by atoms with Gasteiger partial charge in [0.1, 0.15) is 0 Å². The lowest BCUT2D eigenvalue weighted by Gasteiger charge is -2.18. The van der Waals surface area contributed by atoms with E-state index < -0.39 is 0 Å². The van der Waals surface area contributed by atoms with E-state index in [1.165, 1.54) is 46.5 Å². The van der Waals surface area contributed by atoms with E-state index in [0.29, 0.717) is 11.8 Å². The summed E-state index contributed by atoms with van der Waals surface area (Å²) >= 11 is 0. The second-order valence-electron chi connectivity index (χ2n) is 7.92. The molecule has 134 valence electrons. The van der Waals surface area contributed by atoms with Crippen LogP contribution in [0.2, 0.25) is 0 Å². The van der Waals surface area contributed by atoms with E-state index in [4.69, 9.17) is 0 Å². The van der Waals surface area contributed by atoms with Gasteiger partial charge in [-0.25, -0.2) is 0 Å². The molecule has 2 unspecified atom stereocenters. The molecule has 0 aromatic heterocycles. The fraction of sp³-hybridized carbons (Fsp3) is 0.333. The summed E-state index contributed by atoms with van der Waals surface area (Å²) in [5.74, 6) is 1.11. The average Bonchev–Trinajstić information content (AvgIpc) is 3.22. The van der Waals surface area contributed by atoms with Crippen molar-refractivity contribution in [1.82, 2.24) is 0 Å². The Morgan fingerprint density at radius 3 is 1.46 bits per heavy atom. The topological polar surface area (TPSA) is 6.48 Å². The van der Waals surface area contributed by atoms with Gasteiger partial charge in [-0.15, -0.1) is 0 Å². The molecule has 0 aliphatic heterocycles. The highest BCUT2D eigenvalue weighted by Crippen LogP contribution is 2.40. The smallest absolute Gasteiger partial charge is 0.0367 e. The summed E-state index contributed by atoms with van der Waals surface area (Å²) < 4.78 is 0. The zero-order valence-corrected chi connectivity index (χ0v) is 16.2. The van der Waals surface area contributed by atoms with E-state index in [0.717, 1.165) is 0 Å². The molecule has 0 N–H and O–H groups in total. The number of allylic oxidation sites excluding steroid dienone is 2. The number of rotatable bonds is 5. The summed E-state index contributed by atoms with van der Waals surface area (Å²) in [4.78, 5) is 4.34. The van der Waals surface area contributed by atoms with Gasteiger partial charge in [0.15, 0.2) is 0 Å². The molecule has 0 heterocycles. The third-order valence-electron chi connectivity index (χ3n) is 5.78. The Kier molecular flexibility index (Phi) is 4.36. The Morgan fingerprint density at radius 1 is 0.654 bits per heavy atom. The van der Waals surface area contributed by atoms with E-state index >= 15 is 0 Å². The maximum Gasteiger partial charge on any atom is 0.0367 e. The van der Waals surface area contributed by atoms with Crippen LogP contribution < -0.4 is 9.80 Å². The molecule has 4 rings (SSSR count). The summed E-state index contributed by atoms with van der Waals surface area (Å²) in [6.45, 7) is 0. The van der Waals surface area contributed by atoms with Crippen LogP contribution >= 0.6 is 0 Å². The van der Waals surface area contributed by atoms with E-state index in [-0.39, 0.29) is 0 Å². The molecule has 2 aliphatic rings. The van der Waals surface area contributed by atoms with Crippen molar-refractivity contribution in [3.63, 3.8) is 0 Å². The summed E-state index contributed by atoms with van der Waals surface area (Å²) in [6.07, 6.45) is 11.8. The first-order valence-electron chi connectivity index (χ1n) is 9.52. The van der Waals surface area contributed by atoms with E-state index in [9.17, 15) is 0 Å². The van der Waals surface area contributed by atoms with Gasteiger partial charge in [-0.05, 0) is 59.4 Å². The lowest BCUT2D eigenvalue weighted by molar-refractivity contribution is 0.642. The lowest BCUT2D eigenvalue weighted by Crippen LogP contribution is -2.09. The molecule has 2 heteroatoms. The zero-order valence-electron chi connectivity index (χ0n) is 16.2. The molecule has 26 heavy (non-hydrogen) atoms. The van der Waals surface area contributed by atoms with Crippen LogP contribution in [0.1, 0.15) is 46.9 Å². The van der Waals surface area contributed by atoms with Crippen LogP contribution in [0.3, 0.4) is 0 Å². The van der Waals surface area contributed by atoms with Gasteiger partial charge in [-0.3, -0.25) is 0 Å². The molecule has 0 saturated carbocycles. The predicted molar refractivity (Wildman–Crippen MR) is 114 cm³/mol. The van der Waals surface area contributed by atoms with Crippen LogP contribution in [0.15, 0.2) is 48.6 Å². The van der Waals surface area contributed by atoms with Crippen molar-refractivity contribution in [2.24, 2.45) is 0 Å². The largest absolute Gasteiger partial charge is 0.378 e. The highest BCUT2D eigenvalue weighted by molar-refractivity contribution is 5.68. The van der Waals surface area contributed by atoms with Crippen molar-refractivity contribution in [2.45, 2.75) is 24.7 Å². The molecule has 2 aliphatic carbocycles. The normalized spacial score (nSPS) is 19.5. The minimum atomic E-state index is 0.555. The number of hydrogen-bond acceptors (Lipinski definition) is 2. The molecule has 2 aromatic rings. The fourth-order valence-electron chi connectivity index (χ4n) is 4.15. The van der Waals surface area contributed by atoms with Gasteiger partial charge in [0, 0.05) is 51.4 Å². The Bertz CT molecular complexity index is 800. The maximum atomic E-state index is 2.39. The van der Waals surface area contributed by atoms with Crippen LogP contribution in [-0.4, -0.2) is 28.2 Å². The fourth-order valence-corrected chi connectivity index (χ4v) is 4.15. The average molecular weight is 345 g/mol. The van der Waals surface area contributed by atoms with Crippen LogP contribution in [0.25, 0.3) is 12.2 Å². The van der Waals surface area contributed by atoms with Gasteiger partial charge >= 0.3 is 0 Å². The Labute approximate surface area is 157 Å². The summed E-state index contributed by atoms with van der Waals surface area (Å²) in [5.41, 5.74) is 8.30. The summed E-state index contributed by atoms with van der Waals surface area (Å²) in [7, 11) is 8.40. The molecule has 0 radical (unpaired) electrons. The molecule has 0 spiro atoms. The number of benzene rings is 2. The Morgan fingerprint density at radius 2 is 1.08 bits per heavy atom. The van der Waals surface area contributed by atoms with E-state index in [1.807, 2.05) is 0 Å². The number of fused-ring (bicyclic) bond motifs is 2. The van der Waals surface area contributed by atoms with Gasteiger partial charge in [-0.2, -0.15) is 0 Å². The van der Waals surface area contributed by atoms with Gasteiger partial charge in [0.05, 0.1) is 0 Å². The number of hydrogen-bond donors (Lipinski definition) is 0. The van der Waals surface area contributed by atoms with Crippen molar-refractivity contribution in [3.8, 4) is 0 Å². The SMILES string of the molecule is CN(C)c1ccc2c(c1)C=CC2CCC1C=Cc2cc(N(C)C)ccc21. The first-order valence-corrected chi connectivity index (χ1v) is 9.52. The highest BCUT2D eigenvalue weighted by Gasteiger charge is 2.22.